The maximum absolute atomic E-state index is 2.28. The lowest BCUT2D eigenvalue weighted by Gasteiger charge is -2.01. The Labute approximate surface area is 130 Å². The summed E-state index contributed by atoms with van der Waals surface area (Å²) in [4.78, 5) is 0. The fourth-order valence-electron chi connectivity index (χ4n) is 2.37. The van der Waals surface area contributed by atoms with E-state index in [0.717, 1.165) is 0 Å². The van der Waals surface area contributed by atoms with E-state index in [2.05, 4.69) is 42.1 Å². The van der Waals surface area contributed by atoms with Gasteiger partial charge in [0.25, 0.3) is 0 Å². The van der Waals surface area contributed by atoms with E-state index in [1.165, 1.54) is 70.8 Å². The van der Waals surface area contributed by atoms with Crippen molar-refractivity contribution in [2.45, 2.75) is 77.7 Å². The van der Waals surface area contributed by atoms with Gasteiger partial charge in [-0.15, -0.1) is 0 Å². The van der Waals surface area contributed by atoms with E-state index in [4.69, 9.17) is 0 Å². The van der Waals surface area contributed by atoms with Crippen molar-refractivity contribution < 1.29 is 21.5 Å². The van der Waals surface area contributed by atoms with Crippen LogP contribution in [-0.2, 0) is 6.54 Å². The lowest BCUT2D eigenvalue weighted by Crippen LogP contribution is -3.00. The molecule has 0 aromatic carbocycles. The van der Waals surface area contributed by atoms with Gasteiger partial charge < -0.3 is 17.0 Å². The van der Waals surface area contributed by atoms with Crippen LogP contribution in [0.2, 0.25) is 0 Å². The fraction of sp³-hybridized carbons (Fsp3) is 0.706. The molecule has 19 heavy (non-hydrogen) atoms. The number of halogens is 1. The second-order valence-corrected chi connectivity index (χ2v) is 5.30. The van der Waals surface area contributed by atoms with Gasteiger partial charge in [0.1, 0.15) is 6.54 Å². The molecule has 0 unspecified atom stereocenters. The summed E-state index contributed by atoms with van der Waals surface area (Å²) in [5.41, 5.74) is 0. The molecule has 0 atom stereocenters. The lowest BCUT2D eigenvalue weighted by molar-refractivity contribution is -0.697. The number of unbranched alkanes of at least 4 members (excludes halogenated alkanes) is 9. The molecule has 0 fully saturated rings. The average Bonchev–Trinajstić information content (AvgIpc) is 2.42. The summed E-state index contributed by atoms with van der Waals surface area (Å²) in [5.74, 6) is 0. The highest BCUT2D eigenvalue weighted by atomic mass is 79.9. The summed E-state index contributed by atoms with van der Waals surface area (Å²) in [6.07, 6.45) is 18.5. The van der Waals surface area contributed by atoms with Crippen LogP contribution in [0.1, 0.15) is 71.1 Å². The summed E-state index contributed by atoms with van der Waals surface area (Å²) < 4.78 is 2.28. The summed E-state index contributed by atoms with van der Waals surface area (Å²) in [6, 6.07) is 6.29. The Morgan fingerprint density at radius 1 is 0.632 bits per heavy atom. The van der Waals surface area contributed by atoms with E-state index in [1.54, 1.807) is 0 Å². The molecule has 1 rings (SSSR count). The van der Waals surface area contributed by atoms with Gasteiger partial charge in [0.15, 0.2) is 12.4 Å². The number of hydrogen-bond acceptors (Lipinski definition) is 0. The third kappa shape index (κ3) is 11.2. The molecular weight excluding hydrogens is 298 g/mol. The molecule has 1 aromatic rings. The van der Waals surface area contributed by atoms with E-state index >= 15 is 0 Å². The standard InChI is InChI=1S/C17H30N.BrH/c1-2-3-4-5-6-7-8-9-10-12-15-18-16-13-11-14-17-18;/h11,13-14,16-17H,2-10,12,15H2,1H3;1H/q+1;/p-1. The monoisotopic (exact) mass is 327 g/mol. The zero-order valence-corrected chi connectivity index (χ0v) is 14.1. The molecule has 0 radical (unpaired) electrons. The molecular formula is C17H30BrN. The van der Waals surface area contributed by atoms with Gasteiger partial charge >= 0.3 is 0 Å². The topological polar surface area (TPSA) is 3.88 Å². The van der Waals surface area contributed by atoms with Gasteiger partial charge in [-0.1, -0.05) is 64.4 Å². The Kier molecular flexibility index (Phi) is 13.8. The van der Waals surface area contributed by atoms with Crippen LogP contribution in [0.3, 0.4) is 0 Å². The summed E-state index contributed by atoms with van der Waals surface area (Å²) in [5, 5.41) is 0. The molecule has 0 aliphatic heterocycles. The molecule has 0 aliphatic carbocycles. The van der Waals surface area contributed by atoms with Crippen LogP contribution in [0.25, 0.3) is 0 Å². The first-order valence-electron chi connectivity index (χ1n) is 7.87. The van der Waals surface area contributed by atoms with Gasteiger partial charge in [0.05, 0.1) is 0 Å². The molecule has 0 saturated heterocycles. The Balaban J connectivity index is 0.00000324. The number of pyridine rings is 1. The van der Waals surface area contributed by atoms with E-state index < -0.39 is 0 Å². The first kappa shape index (κ1) is 18.6. The van der Waals surface area contributed by atoms with Crippen molar-refractivity contribution in [3.63, 3.8) is 0 Å². The molecule has 0 saturated carbocycles. The SMILES string of the molecule is CCCCCCCCCCCC[n+]1ccccc1.[Br-]. The molecule has 1 nitrogen and oxygen atoms in total. The van der Waals surface area contributed by atoms with Crippen molar-refractivity contribution >= 4 is 0 Å². The maximum atomic E-state index is 2.28. The minimum absolute atomic E-state index is 0. The van der Waals surface area contributed by atoms with Crippen LogP contribution in [-0.4, -0.2) is 0 Å². The van der Waals surface area contributed by atoms with Crippen molar-refractivity contribution in [2.24, 2.45) is 0 Å². The predicted molar refractivity (Wildman–Crippen MR) is 78.5 cm³/mol. The first-order valence-corrected chi connectivity index (χ1v) is 7.87. The quantitative estimate of drug-likeness (QED) is 0.431. The van der Waals surface area contributed by atoms with E-state index in [9.17, 15) is 0 Å². The van der Waals surface area contributed by atoms with Gasteiger partial charge in [0, 0.05) is 18.6 Å². The van der Waals surface area contributed by atoms with Gasteiger partial charge in [-0.25, -0.2) is 4.57 Å². The molecule has 110 valence electrons. The Morgan fingerprint density at radius 3 is 1.63 bits per heavy atom. The smallest absolute Gasteiger partial charge is 0.168 e. The minimum Gasteiger partial charge on any atom is -1.00 e. The third-order valence-corrected chi connectivity index (χ3v) is 3.55. The second-order valence-electron chi connectivity index (χ2n) is 5.30. The maximum Gasteiger partial charge on any atom is 0.168 e. The number of rotatable bonds is 11. The Morgan fingerprint density at radius 2 is 1.11 bits per heavy atom. The Hall–Kier alpha value is -0.370. The van der Waals surface area contributed by atoms with E-state index in [0.29, 0.717) is 0 Å². The Bertz CT molecular complexity index is 274. The van der Waals surface area contributed by atoms with Crippen molar-refractivity contribution in [1.29, 1.82) is 0 Å². The van der Waals surface area contributed by atoms with Crippen molar-refractivity contribution in [3.8, 4) is 0 Å². The lowest BCUT2D eigenvalue weighted by atomic mass is 10.1. The molecule has 0 bridgehead atoms. The summed E-state index contributed by atoms with van der Waals surface area (Å²) >= 11 is 0. The van der Waals surface area contributed by atoms with E-state index in [1.807, 2.05) is 0 Å². The molecule has 0 N–H and O–H groups in total. The van der Waals surface area contributed by atoms with Crippen LogP contribution in [0.5, 0.6) is 0 Å². The fourth-order valence-corrected chi connectivity index (χ4v) is 2.37. The van der Waals surface area contributed by atoms with Gasteiger partial charge in [0.2, 0.25) is 0 Å². The molecule has 1 heterocycles. The average molecular weight is 328 g/mol. The first-order chi connectivity index (χ1) is 8.93. The zero-order valence-electron chi connectivity index (χ0n) is 12.5. The third-order valence-electron chi connectivity index (χ3n) is 3.55. The minimum atomic E-state index is 0. The van der Waals surface area contributed by atoms with Gasteiger partial charge in [-0.2, -0.15) is 0 Å². The van der Waals surface area contributed by atoms with Crippen molar-refractivity contribution in [2.75, 3.05) is 0 Å². The van der Waals surface area contributed by atoms with Crippen LogP contribution in [0, 0.1) is 0 Å². The molecule has 0 amide bonds. The second kappa shape index (κ2) is 14.0. The van der Waals surface area contributed by atoms with Crippen LogP contribution in [0.4, 0.5) is 0 Å². The van der Waals surface area contributed by atoms with Crippen LogP contribution < -0.4 is 21.5 Å². The predicted octanol–water partition coefficient (Wildman–Crippen LogP) is 1.90. The van der Waals surface area contributed by atoms with Crippen LogP contribution in [0.15, 0.2) is 30.6 Å². The number of aromatic nitrogens is 1. The van der Waals surface area contributed by atoms with Crippen molar-refractivity contribution in [3.05, 3.63) is 30.6 Å². The number of hydrogen-bond donors (Lipinski definition) is 0. The highest BCUT2D eigenvalue weighted by molar-refractivity contribution is 4.83. The molecule has 0 aliphatic rings. The van der Waals surface area contributed by atoms with Gasteiger partial charge in [-0.05, 0) is 6.42 Å². The largest absolute Gasteiger partial charge is 1.00 e. The van der Waals surface area contributed by atoms with Gasteiger partial charge in [-0.3, -0.25) is 0 Å². The summed E-state index contributed by atoms with van der Waals surface area (Å²) in [7, 11) is 0. The normalized spacial score (nSPS) is 10.2. The molecule has 2 heteroatoms. The van der Waals surface area contributed by atoms with Crippen LogP contribution >= 0.6 is 0 Å². The molecule has 0 spiro atoms. The van der Waals surface area contributed by atoms with E-state index in [-0.39, 0.29) is 17.0 Å². The number of aryl methyl sites for hydroxylation is 1. The number of nitrogens with zero attached hydrogens (tertiary/aromatic N) is 1. The highest BCUT2D eigenvalue weighted by Gasteiger charge is 1.97. The highest BCUT2D eigenvalue weighted by Crippen LogP contribution is 2.10. The summed E-state index contributed by atoms with van der Waals surface area (Å²) in [6.45, 7) is 3.46. The molecule has 1 aromatic heterocycles. The zero-order chi connectivity index (χ0) is 12.9. The van der Waals surface area contributed by atoms with Crippen molar-refractivity contribution in [1.82, 2.24) is 0 Å².